The lowest BCUT2D eigenvalue weighted by Gasteiger charge is -2.37. The van der Waals surface area contributed by atoms with Crippen molar-refractivity contribution in [2.24, 2.45) is 5.92 Å². The van der Waals surface area contributed by atoms with Crippen LogP contribution in [-0.2, 0) is 0 Å². The highest BCUT2D eigenvalue weighted by molar-refractivity contribution is 5.23. The SMILES string of the molecule is C1=CC[C@H]2C[N+]3(CCCCC3)CC2=C1. The van der Waals surface area contributed by atoms with Crippen LogP contribution in [0.4, 0.5) is 0 Å². The van der Waals surface area contributed by atoms with E-state index in [9.17, 15) is 0 Å². The predicted octanol–water partition coefficient (Wildman–Crippen LogP) is 2.50. The molecule has 76 valence electrons. The molecule has 1 heteroatoms. The summed E-state index contributed by atoms with van der Waals surface area (Å²) in [5, 5.41) is 0. The first-order valence-corrected chi connectivity index (χ1v) is 6.09. The maximum atomic E-state index is 2.38. The monoisotopic (exact) mass is 190 g/mol. The minimum atomic E-state index is 0.901. The van der Waals surface area contributed by atoms with Crippen LogP contribution in [0.5, 0.6) is 0 Å². The Morgan fingerprint density at radius 2 is 2.00 bits per heavy atom. The van der Waals surface area contributed by atoms with Crippen LogP contribution in [0.15, 0.2) is 23.8 Å². The molecule has 2 heterocycles. The lowest BCUT2D eigenvalue weighted by molar-refractivity contribution is -0.920. The first kappa shape index (κ1) is 8.72. The van der Waals surface area contributed by atoms with Crippen molar-refractivity contribution in [2.45, 2.75) is 25.7 Å². The summed E-state index contributed by atoms with van der Waals surface area (Å²) in [6.07, 6.45) is 12.7. The van der Waals surface area contributed by atoms with Gasteiger partial charge in [0.15, 0.2) is 0 Å². The van der Waals surface area contributed by atoms with E-state index in [-0.39, 0.29) is 0 Å². The Kier molecular flexibility index (Phi) is 2.01. The molecule has 1 spiro atoms. The second-order valence-corrected chi connectivity index (χ2v) is 5.29. The van der Waals surface area contributed by atoms with Gasteiger partial charge in [0.1, 0.15) is 6.54 Å². The number of hydrogen-bond acceptors (Lipinski definition) is 0. The van der Waals surface area contributed by atoms with Crippen molar-refractivity contribution in [1.29, 1.82) is 0 Å². The van der Waals surface area contributed by atoms with Crippen LogP contribution in [0.1, 0.15) is 25.7 Å². The van der Waals surface area contributed by atoms with E-state index in [1.165, 1.54) is 56.3 Å². The van der Waals surface area contributed by atoms with E-state index in [1.807, 2.05) is 0 Å². The van der Waals surface area contributed by atoms with Gasteiger partial charge in [-0.3, -0.25) is 0 Å². The van der Waals surface area contributed by atoms with Crippen molar-refractivity contribution in [3.8, 4) is 0 Å². The minimum absolute atomic E-state index is 0.901. The Balaban J connectivity index is 1.80. The Morgan fingerprint density at radius 3 is 2.79 bits per heavy atom. The lowest BCUT2D eigenvalue weighted by Crippen LogP contribution is -2.49. The highest BCUT2D eigenvalue weighted by Crippen LogP contribution is 2.36. The zero-order valence-electron chi connectivity index (χ0n) is 8.91. The zero-order chi connectivity index (χ0) is 9.43. The molecule has 0 aromatic heterocycles. The summed E-state index contributed by atoms with van der Waals surface area (Å²) in [6.45, 7) is 5.72. The van der Waals surface area contributed by atoms with Crippen molar-refractivity contribution in [2.75, 3.05) is 26.2 Å². The topological polar surface area (TPSA) is 0 Å². The van der Waals surface area contributed by atoms with Gasteiger partial charge in [-0.05, 0) is 31.3 Å². The van der Waals surface area contributed by atoms with Crippen LogP contribution in [-0.4, -0.2) is 30.7 Å². The van der Waals surface area contributed by atoms with Crippen LogP contribution >= 0.6 is 0 Å². The normalized spacial score (nSPS) is 34.3. The largest absolute Gasteiger partial charge is 0.320 e. The molecule has 2 fully saturated rings. The molecule has 3 aliphatic rings. The van der Waals surface area contributed by atoms with Crippen LogP contribution in [0.25, 0.3) is 0 Å². The lowest BCUT2D eigenvalue weighted by atomic mass is 9.95. The molecular weight excluding hydrogens is 170 g/mol. The van der Waals surface area contributed by atoms with E-state index >= 15 is 0 Å². The van der Waals surface area contributed by atoms with E-state index in [4.69, 9.17) is 0 Å². The smallest absolute Gasteiger partial charge is 0.101 e. The zero-order valence-corrected chi connectivity index (χ0v) is 8.91. The molecular formula is C13H20N+. The van der Waals surface area contributed by atoms with Gasteiger partial charge in [0.05, 0.1) is 19.6 Å². The van der Waals surface area contributed by atoms with E-state index in [1.54, 1.807) is 5.57 Å². The molecule has 1 aliphatic carbocycles. The van der Waals surface area contributed by atoms with Gasteiger partial charge in [0.2, 0.25) is 0 Å². The maximum absolute atomic E-state index is 2.38. The number of rotatable bonds is 0. The molecule has 0 amide bonds. The molecule has 2 saturated heterocycles. The number of nitrogens with zero attached hydrogens (tertiary/aromatic N) is 1. The van der Waals surface area contributed by atoms with E-state index in [2.05, 4.69) is 18.2 Å². The summed E-state index contributed by atoms with van der Waals surface area (Å²) in [7, 11) is 0. The number of hydrogen-bond donors (Lipinski definition) is 0. The summed E-state index contributed by atoms with van der Waals surface area (Å²) in [5.41, 5.74) is 1.74. The predicted molar refractivity (Wildman–Crippen MR) is 58.9 cm³/mol. The standard InChI is InChI=1S/C13H20N/c1-4-8-14(9-5-1)10-12-6-2-3-7-13(12)11-14/h2-3,6,13H,1,4-5,7-11H2/q+1/t13-/m0/s1. The molecule has 0 bridgehead atoms. The van der Waals surface area contributed by atoms with Crippen molar-refractivity contribution in [3.63, 3.8) is 0 Å². The van der Waals surface area contributed by atoms with Gasteiger partial charge < -0.3 is 4.48 Å². The fourth-order valence-corrected chi connectivity index (χ4v) is 3.54. The average molecular weight is 190 g/mol. The molecule has 0 unspecified atom stereocenters. The van der Waals surface area contributed by atoms with Crippen molar-refractivity contribution in [1.82, 2.24) is 0 Å². The molecule has 1 atom stereocenters. The maximum Gasteiger partial charge on any atom is 0.101 e. The number of allylic oxidation sites excluding steroid dienone is 3. The van der Waals surface area contributed by atoms with Crippen molar-refractivity contribution < 1.29 is 4.48 Å². The Hall–Kier alpha value is -0.560. The second-order valence-electron chi connectivity index (χ2n) is 5.29. The molecule has 0 aromatic rings. The number of quaternary nitrogens is 1. The Bertz CT molecular complexity index is 282. The fourth-order valence-electron chi connectivity index (χ4n) is 3.54. The van der Waals surface area contributed by atoms with E-state index in [0.29, 0.717) is 0 Å². The van der Waals surface area contributed by atoms with Gasteiger partial charge in [-0.25, -0.2) is 0 Å². The molecule has 3 rings (SSSR count). The van der Waals surface area contributed by atoms with Crippen molar-refractivity contribution in [3.05, 3.63) is 23.8 Å². The molecule has 14 heavy (non-hydrogen) atoms. The third-order valence-corrected chi connectivity index (χ3v) is 4.28. The first-order chi connectivity index (χ1) is 6.88. The third kappa shape index (κ3) is 1.35. The highest BCUT2D eigenvalue weighted by atomic mass is 15.4. The van der Waals surface area contributed by atoms with E-state index < -0.39 is 0 Å². The summed E-state index contributed by atoms with van der Waals surface area (Å²) in [6, 6.07) is 0. The van der Waals surface area contributed by atoms with Crippen LogP contribution in [0.2, 0.25) is 0 Å². The summed E-state index contributed by atoms with van der Waals surface area (Å²) >= 11 is 0. The van der Waals surface area contributed by atoms with Gasteiger partial charge in [-0.2, -0.15) is 0 Å². The molecule has 0 radical (unpaired) electrons. The van der Waals surface area contributed by atoms with Gasteiger partial charge in [-0.1, -0.05) is 18.2 Å². The van der Waals surface area contributed by atoms with Crippen LogP contribution in [0.3, 0.4) is 0 Å². The van der Waals surface area contributed by atoms with Crippen LogP contribution in [0, 0.1) is 5.92 Å². The molecule has 0 N–H and O–H groups in total. The Labute approximate surface area is 86.7 Å². The van der Waals surface area contributed by atoms with Gasteiger partial charge in [-0.15, -0.1) is 0 Å². The molecule has 2 aliphatic heterocycles. The summed E-state index contributed by atoms with van der Waals surface area (Å²) in [5.74, 6) is 0.901. The molecule has 0 aromatic carbocycles. The molecule has 0 saturated carbocycles. The second kappa shape index (κ2) is 3.23. The fraction of sp³-hybridized carbons (Fsp3) is 0.692. The average Bonchev–Trinajstić information content (AvgIpc) is 2.56. The van der Waals surface area contributed by atoms with E-state index in [0.717, 1.165) is 5.92 Å². The number of piperidine rings is 1. The quantitative estimate of drug-likeness (QED) is 0.515. The molecule has 1 nitrogen and oxygen atoms in total. The van der Waals surface area contributed by atoms with Gasteiger partial charge >= 0.3 is 0 Å². The number of fused-ring (bicyclic) bond motifs is 1. The van der Waals surface area contributed by atoms with Crippen LogP contribution < -0.4 is 0 Å². The highest BCUT2D eigenvalue weighted by Gasteiger charge is 2.41. The Morgan fingerprint density at radius 1 is 1.14 bits per heavy atom. The van der Waals surface area contributed by atoms with Crippen molar-refractivity contribution >= 4 is 0 Å². The third-order valence-electron chi connectivity index (χ3n) is 4.28. The minimum Gasteiger partial charge on any atom is -0.320 e. The van der Waals surface area contributed by atoms with Gasteiger partial charge in [0, 0.05) is 5.92 Å². The van der Waals surface area contributed by atoms with Gasteiger partial charge in [0.25, 0.3) is 0 Å². The first-order valence-electron chi connectivity index (χ1n) is 6.09. The summed E-state index contributed by atoms with van der Waals surface area (Å²) in [4.78, 5) is 0. The summed E-state index contributed by atoms with van der Waals surface area (Å²) < 4.78 is 1.43.